The zero-order chi connectivity index (χ0) is 13.4. The standard InChI is InChI=1S/C15H24N2O.ClH/c1-15(2,12-13-8-5-4-6-9-13)14(18)17-11-7-10-16-3;/h4-6,8-9,16H,7,10-12H2,1-3H3,(H,17,18);1H. The molecule has 1 amide bonds. The lowest BCUT2D eigenvalue weighted by Crippen LogP contribution is -2.39. The summed E-state index contributed by atoms with van der Waals surface area (Å²) in [5, 5.41) is 6.07. The maximum atomic E-state index is 12.1. The fraction of sp³-hybridized carbons (Fsp3) is 0.533. The molecule has 0 aliphatic rings. The second-order valence-corrected chi connectivity index (χ2v) is 5.26. The third-order valence-electron chi connectivity index (χ3n) is 2.99. The van der Waals surface area contributed by atoms with Gasteiger partial charge < -0.3 is 10.6 Å². The van der Waals surface area contributed by atoms with Crippen LogP contribution in [0, 0.1) is 5.41 Å². The quantitative estimate of drug-likeness (QED) is 0.755. The molecule has 0 fully saturated rings. The first kappa shape index (κ1) is 17.9. The summed E-state index contributed by atoms with van der Waals surface area (Å²) in [5.74, 6) is 0.127. The molecule has 3 nitrogen and oxygen atoms in total. The number of rotatable bonds is 7. The Hall–Kier alpha value is -1.06. The molecule has 0 aliphatic heterocycles. The second kappa shape index (κ2) is 8.94. The lowest BCUT2D eigenvalue weighted by Gasteiger charge is -2.23. The van der Waals surface area contributed by atoms with E-state index in [0.29, 0.717) is 0 Å². The van der Waals surface area contributed by atoms with Crippen molar-refractivity contribution >= 4 is 18.3 Å². The summed E-state index contributed by atoms with van der Waals surface area (Å²) < 4.78 is 0. The van der Waals surface area contributed by atoms with Crippen LogP contribution in [-0.2, 0) is 11.2 Å². The van der Waals surface area contributed by atoms with Crippen molar-refractivity contribution in [1.82, 2.24) is 10.6 Å². The van der Waals surface area contributed by atoms with Crippen molar-refractivity contribution in [2.75, 3.05) is 20.1 Å². The number of halogens is 1. The number of carbonyl (C=O) groups is 1. The molecule has 0 unspecified atom stereocenters. The molecule has 1 aromatic rings. The highest BCUT2D eigenvalue weighted by molar-refractivity contribution is 5.85. The van der Waals surface area contributed by atoms with Gasteiger partial charge in [0, 0.05) is 12.0 Å². The zero-order valence-electron chi connectivity index (χ0n) is 12.0. The minimum atomic E-state index is -0.360. The van der Waals surface area contributed by atoms with E-state index in [0.717, 1.165) is 25.9 Å². The van der Waals surface area contributed by atoms with Gasteiger partial charge in [-0.05, 0) is 32.0 Å². The molecule has 0 aliphatic carbocycles. The molecule has 0 atom stereocenters. The van der Waals surface area contributed by atoms with Gasteiger partial charge >= 0.3 is 0 Å². The van der Waals surface area contributed by atoms with Gasteiger partial charge in [0.05, 0.1) is 0 Å². The Kier molecular flexibility index (Phi) is 8.44. The summed E-state index contributed by atoms with van der Waals surface area (Å²) in [6, 6.07) is 10.1. The topological polar surface area (TPSA) is 41.1 Å². The molecular formula is C15H25ClN2O. The molecule has 0 heterocycles. The molecule has 0 radical (unpaired) electrons. The van der Waals surface area contributed by atoms with E-state index < -0.39 is 0 Å². The molecule has 0 saturated heterocycles. The summed E-state index contributed by atoms with van der Waals surface area (Å²) in [6.45, 7) is 5.65. The molecule has 108 valence electrons. The first-order valence-corrected chi connectivity index (χ1v) is 6.53. The normalized spacial score (nSPS) is 10.7. The Morgan fingerprint density at radius 2 is 1.79 bits per heavy atom. The molecule has 1 rings (SSSR count). The average molecular weight is 285 g/mol. The summed E-state index contributed by atoms with van der Waals surface area (Å²) in [5.41, 5.74) is 0.842. The highest BCUT2D eigenvalue weighted by Crippen LogP contribution is 2.21. The lowest BCUT2D eigenvalue weighted by atomic mass is 9.85. The number of hydrogen-bond donors (Lipinski definition) is 2. The van der Waals surface area contributed by atoms with Crippen molar-refractivity contribution in [1.29, 1.82) is 0 Å². The monoisotopic (exact) mass is 284 g/mol. The fourth-order valence-electron chi connectivity index (χ4n) is 1.89. The van der Waals surface area contributed by atoms with Gasteiger partial charge in [0.25, 0.3) is 0 Å². The van der Waals surface area contributed by atoms with Gasteiger partial charge in [0.2, 0.25) is 5.91 Å². The number of benzene rings is 1. The Labute approximate surface area is 122 Å². The first-order valence-electron chi connectivity index (χ1n) is 6.53. The van der Waals surface area contributed by atoms with Crippen LogP contribution in [0.25, 0.3) is 0 Å². The van der Waals surface area contributed by atoms with Crippen LogP contribution in [0.1, 0.15) is 25.8 Å². The predicted octanol–water partition coefficient (Wildman–Crippen LogP) is 2.40. The van der Waals surface area contributed by atoms with Crippen molar-refractivity contribution in [3.63, 3.8) is 0 Å². The molecule has 0 spiro atoms. The van der Waals surface area contributed by atoms with Gasteiger partial charge in [-0.15, -0.1) is 12.4 Å². The Morgan fingerprint density at radius 1 is 1.16 bits per heavy atom. The van der Waals surface area contributed by atoms with Gasteiger partial charge in [0.15, 0.2) is 0 Å². The molecule has 0 bridgehead atoms. The van der Waals surface area contributed by atoms with E-state index in [2.05, 4.69) is 22.8 Å². The largest absolute Gasteiger partial charge is 0.356 e. The Balaban J connectivity index is 0.00000324. The Bertz CT molecular complexity index is 366. The van der Waals surface area contributed by atoms with Crippen LogP contribution >= 0.6 is 12.4 Å². The summed E-state index contributed by atoms with van der Waals surface area (Å²) >= 11 is 0. The van der Waals surface area contributed by atoms with E-state index >= 15 is 0 Å². The van der Waals surface area contributed by atoms with Crippen molar-refractivity contribution < 1.29 is 4.79 Å². The van der Waals surface area contributed by atoms with Gasteiger partial charge in [-0.25, -0.2) is 0 Å². The molecule has 4 heteroatoms. The van der Waals surface area contributed by atoms with E-state index in [9.17, 15) is 4.79 Å². The van der Waals surface area contributed by atoms with Gasteiger partial charge in [-0.3, -0.25) is 4.79 Å². The van der Waals surface area contributed by atoms with E-state index in [1.165, 1.54) is 5.56 Å². The van der Waals surface area contributed by atoms with Crippen LogP contribution in [0.5, 0.6) is 0 Å². The number of nitrogens with one attached hydrogen (secondary N) is 2. The van der Waals surface area contributed by atoms with Gasteiger partial charge in [-0.2, -0.15) is 0 Å². The van der Waals surface area contributed by atoms with Crippen molar-refractivity contribution in [2.24, 2.45) is 5.41 Å². The SMILES string of the molecule is CNCCCNC(=O)C(C)(C)Cc1ccccc1.Cl. The number of amides is 1. The van der Waals surface area contributed by atoms with E-state index in [-0.39, 0.29) is 23.7 Å². The minimum absolute atomic E-state index is 0. The minimum Gasteiger partial charge on any atom is -0.356 e. The van der Waals surface area contributed by atoms with Crippen molar-refractivity contribution in [2.45, 2.75) is 26.7 Å². The molecule has 19 heavy (non-hydrogen) atoms. The first-order chi connectivity index (χ1) is 8.56. The van der Waals surface area contributed by atoms with E-state index in [4.69, 9.17) is 0 Å². The summed E-state index contributed by atoms with van der Waals surface area (Å²) in [4.78, 5) is 12.1. The van der Waals surface area contributed by atoms with Crippen LogP contribution in [0.15, 0.2) is 30.3 Å². The predicted molar refractivity (Wildman–Crippen MR) is 82.7 cm³/mol. The molecule has 0 aromatic heterocycles. The maximum Gasteiger partial charge on any atom is 0.225 e. The highest BCUT2D eigenvalue weighted by atomic mass is 35.5. The second-order valence-electron chi connectivity index (χ2n) is 5.26. The lowest BCUT2D eigenvalue weighted by molar-refractivity contribution is -0.129. The van der Waals surface area contributed by atoms with Gasteiger partial charge in [0.1, 0.15) is 0 Å². The summed E-state index contributed by atoms with van der Waals surface area (Å²) in [6.07, 6.45) is 1.73. The van der Waals surface area contributed by atoms with Crippen molar-refractivity contribution in [3.05, 3.63) is 35.9 Å². The Morgan fingerprint density at radius 3 is 2.37 bits per heavy atom. The van der Waals surface area contributed by atoms with E-state index in [1.54, 1.807) is 0 Å². The van der Waals surface area contributed by atoms with Gasteiger partial charge in [-0.1, -0.05) is 44.2 Å². The van der Waals surface area contributed by atoms with E-state index in [1.807, 2.05) is 39.1 Å². The maximum absolute atomic E-state index is 12.1. The molecule has 1 aromatic carbocycles. The van der Waals surface area contributed by atoms with Crippen LogP contribution < -0.4 is 10.6 Å². The molecule has 2 N–H and O–H groups in total. The molecular weight excluding hydrogens is 260 g/mol. The van der Waals surface area contributed by atoms with Crippen LogP contribution in [0.3, 0.4) is 0 Å². The highest BCUT2D eigenvalue weighted by Gasteiger charge is 2.27. The van der Waals surface area contributed by atoms with Crippen molar-refractivity contribution in [3.8, 4) is 0 Å². The average Bonchev–Trinajstić information content (AvgIpc) is 2.35. The third-order valence-corrected chi connectivity index (χ3v) is 2.99. The molecule has 0 saturated carbocycles. The number of carbonyl (C=O) groups excluding carboxylic acids is 1. The fourth-order valence-corrected chi connectivity index (χ4v) is 1.89. The summed E-state index contributed by atoms with van der Waals surface area (Å²) in [7, 11) is 1.92. The smallest absolute Gasteiger partial charge is 0.225 e. The van der Waals surface area contributed by atoms with Crippen LogP contribution in [0.4, 0.5) is 0 Å². The van der Waals surface area contributed by atoms with Crippen LogP contribution in [-0.4, -0.2) is 26.0 Å². The third kappa shape index (κ3) is 6.60. The number of hydrogen-bond acceptors (Lipinski definition) is 2. The van der Waals surface area contributed by atoms with Crippen LogP contribution in [0.2, 0.25) is 0 Å². The zero-order valence-corrected chi connectivity index (χ0v) is 12.8.